The molecule has 1 atom stereocenters. The highest BCUT2D eigenvalue weighted by Gasteiger charge is 2.17. The summed E-state index contributed by atoms with van der Waals surface area (Å²) in [5.41, 5.74) is 5.12. The zero-order chi connectivity index (χ0) is 16.2. The molecule has 2 nitrogen and oxygen atoms in total. The Labute approximate surface area is 150 Å². The van der Waals surface area contributed by atoms with Gasteiger partial charge < -0.3 is 4.90 Å². The minimum atomic E-state index is 0.299. The molecule has 1 aliphatic rings. The highest BCUT2D eigenvalue weighted by atomic mass is 79.9. The Morgan fingerprint density at radius 3 is 2.65 bits per heavy atom. The van der Waals surface area contributed by atoms with Gasteiger partial charge in [-0.25, -0.2) is 4.98 Å². The van der Waals surface area contributed by atoms with E-state index in [0.29, 0.717) is 5.37 Å². The minimum Gasteiger partial charge on any atom is -0.332 e. The summed E-state index contributed by atoms with van der Waals surface area (Å²) in [4.78, 5) is 6.52. The third-order valence-electron chi connectivity index (χ3n) is 3.62. The van der Waals surface area contributed by atoms with Gasteiger partial charge in [0.25, 0.3) is 0 Å². The van der Waals surface area contributed by atoms with Crippen molar-refractivity contribution in [2.75, 3.05) is 4.90 Å². The Hall–Kier alpha value is -1.52. The van der Waals surface area contributed by atoms with E-state index in [0.717, 1.165) is 10.4 Å². The molecule has 0 radical (unpaired) electrons. The third-order valence-corrected chi connectivity index (χ3v) is 5.28. The fourth-order valence-corrected chi connectivity index (χ4v) is 4.17. The fraction of sp³-hybridized carbons (Fsp3) is 0.211. The Balaban J connectivity index is 1.77. The molecule has 3 rings (SSSR count). The summed E-state index contributed by atoms with van der Waals surface area (Å²) in [5, 5.41) is 0.299. The van der Waals surface area contributed by atoms with Crippen molar-refractivity contribution in [2.45, 2.75) is 25.0 Å². The number of aryl methyl sites for hydroxylation is 2. The number of aromatic nitrogens is 1. The van der Waals surface area contributed by atoms with E-state index < -0.39 is 0 Å². The predicted octanol–water partition coefficient (Wildman–Crippen LogP) is 5.61. The molecule has 23 heavy (non-hydrogen) atoms. The van der Waals surface area contributed by atoms with Gasteiger partial charge in [0.05, 0.1) is 5.37 Å². The van der Waals surface area contributed by atoms with Crippen LogP contribution in [0.15, 0.2) is 65.6 Å². The van der Waals surface area contributed by atoms with Crippen molar-refractivity contribution in [3.05, 3.63) is 82.3 Å². The van der Waals surface area contributed by atoms with Crippen molar-refractivity contribution >= 4 is 33.4 Å². The van der Waals surface area contributed by atoms with Gasteiger partial charge in [0.15, 0.2) is 0 Å². The fourth-order valence-electron chi connectivity index (χ4n) is 2.66. The number of benzene rings is 1. The first-order valence-corrected chi connectivity index (χ1v) is 9.40. The van der Waals surface area contributed by atoms with E-state index in [4.69, 9.17) is 0 Å². The second-order valence-electron chi connectivity index (χ2n) is 5.67. The average Bonchev–Trinajstić information content (AvgIpc) is 2.52. The Morgan fingerprint density at radius 2 is 1.91 bits per heavy atom. The van der Waals surface area contributed by atoms with Crippen LogP contribution in [0.3, 0.4) is 0 Å². The third kappa shape index (κ3) is 4.27. The van der Waals surface area contributed by atoms with Crippen molar-refractivity contribution in [2.24, 2.45) is 0 Å². The van der Waals surface area contributed by atoms with Crippen LogP contribution < -0.4 is 4.90 Å². The highest BCUT2D eigenvalue weighted by molar-refractivity contribution is 9.10. The number of anilines is 1. The van der Waals surface area contributed by atoms with E-state index in [-0.39, 0.29) is 0 Å². The van der Waals surface area contributed by atoms with Gasteiger partial charge in [0, 0.05) is 23.8 Å². The van der Waals surface area contributed by atoms with Crippen LogP contribution in [0, 0.1) is 13.8 Å². The van der Waals surface area contributed by atoms with Crippen molar-refractivity contribution < 1.29 is 0 Å². The standard InChI is InChI=1S/C19H19BrN2S/c1-14-9-15(2)11-17(10-14)22-8-4-3-5-19(22)23-13-16-6-7-21-18(20)12-16/h3-12,19H,13H2,1-2H3. The maximum Gasteiger partial charge on any atom is 0.106 e. The van der Waals surface area contributed by atoms with Crippen LogP contribution in [0.4, 0.5) is 5.69 Å². The van der Waals surface area contributed by atoms with E-state index in [1.54, 1.807) is 0 Å². The van der Waals surface area contributed by atoms with Crippen LogP contribution in [-0.4, -0.2) is 10.4 Å². The number of nitrogens with zero attached hydrogens (tertiary/aromatic N) is 2. The van der Waals surface area contributed by atoms with E-state index in [1.807, 2.05) is 18.0 Å². The lowest BCUT2D eigenvalue weighted by molar-refractivity contribution is 1.01. The van der Waals surface area contributed by atoms with Crippen molar-refractivity contribution in [3.8, 4) is 0 Å². The molecule has 0 saturated carbocycles. The summed E-state index contributed by atoms with van der Waals surface area (Å²) in [5.74, 6) is 0.950. The molecule has 2 aromatic rings. The van der Waals surface area contributed by atoms with E-state index >= 15 is 0 Å². The molecule has 0 fully saturated rings. The number of rotatable bonds is 4. The first kappa shape index (κ1) is 16.3. The molecule has 2 heterocycles. The molecule has 0 N–H and O–H groups in total. The monoisotopic (exact) mass is 386 g/mol. The summed E-state index contributed by atoms with van der Waals surface area (Å²) in [6, 6.07) is 10.8. The first-order valence-electron chi connectivity index (χ1n) is 7.55. The predicted molar refractivity (Wildman–Crippen MR) is 104 cm³/mol. The zero-order valence-corrected chi connectivity index (χ0v) is 15.6. The summed E-state index contributed by atoms with van der Waals surface area (Å²) in [6.45, 7) is 4.30. The summed E-state index contributed by atoms with van der Waals surface area (Å²) < 4.78 is 0.890. The number of halogens is 1. The molecule has 1 aromatic carbocycles. The van der Waals surface area contributed by atoms with Gasteiger partial charge in [-0.3, -0.25) is 0 Å². The van der Waals surface area contributed by atoms with Crippen molar-refractivity contribution in [1.82, 2.24) is 4.98 Å². The smallest absolute Gasteiger partial charge is 0.106 e. The normalized spacial score (nSPS) is 16.8. The second kappa shape index (κ2) is 7.37. The molecular formula is C19H19BrN2S. The summed E-state index contributed by atoms with van der Waals surface area (Å²) in [6.07, 6.45) is 10.5. The van der Waals surface area contributed by atoms with Gasteiger partial charge in [0.1, 0.15) is 4.60 Å². The molecule has 4 heteroatoms. The van der Waals surface area contributed by atoms with Crippen LogP contribution >= 0.6 is 27.7 Å². The van der Waals surface area contributed by atoms with Gasteiger partial charge in [0.2, 0.25) is 0 Å². The average molecular weight is 387 g/mol. The Kier molecular flexibility index (Phi) is 5.23. The molecule has 0 saturated heterocycles. The van der Waals surface area contributed by atoms with Gasteiger partial charge in [-0.2, -0.15) is 0 Å². The molecule has 0 amide bonds. The van der Waals surface area contributed by atoms with Crippen molar-refractivity contribution in [3.63, 3.8) is 0 Å². The first-order chi connectivity index (χ1) is 11.1. The lowest BCUT2D eigenvalue weighted by atomic mass is 10.1. The largest absolute Gasteiger partial charge is 0.332 e. The van der Waals surface area contributed by atoms with Crippen LogP contribution in [0.25, 0.3) is 0 Å². The number of hydrogen-bond acceptors (Lipinski definition) is 3. The zero-order valence-electron chi connectivity index (χ0n) is 13.2. The SMILES string of the molecule is Cc1cc(C)cc(N2C=CC=CC2SCc2ccnc(Br)c2)c1. The highest BCUT2D eigenvalue weighted by Crippen LogP contribution is 2.30. The molecule has 1 aliphatic heterocycles. The maximum absolute atomic E-state index is 4.19. The summed E-state index contributed by atoms with van der Waals surface area (Å²) >= 11 is 5.35. The molecule has 1 unspecified atom stereocenters. The van der Waals surface area contributed by atoms with Crippen LogP contribution in [0.2, 0.25) is 0 Å². The molecule has 0 spiro atoms. The number of allylic oxidation sites excluding steroid dienone is 2. The number of thioether (sulfide) groups is 1. The minimum absolute atomic E-state index is 0.299. The Morgan fingerprint density at radius 1 is 1.13 bits per heavy atom. The van der Waals surface area contributed by atoms with Gasteiger partial charge in [-0.05, 0) is 76.8 Å². The van der Waals surface area contributed by atoms with Gasteiger partial charge in [-0.15, -0.1) is 11.8 Å². The number of pyridine rings is 1. The molecule has 0 aliphatic carbocycles. The van der Waals surface area contributed by atoms with E-state index in [1.165, 1.54) is 22.4 Å². The van der Waals surface area contributed by atoms with Gasteiger partial charge >= 0.3 is 0 Å². The second-order valence-corrected chi connectivity index (χ2v) is 7.59. The maximum atomic E-state index is 4.19. The lowest BCUT2D eigenvalue weighted by Crippen LogP contribution is -2.27. The molecule has 118 valence electrons. The van der Waals surface area contributed by atoms with Crippen LogP contribution in [0.5, 0.6) is 0 Å². The van der Waals surface area contributed by atoms with E-state index in [9.17, 15) is 0 Å². The quantitative estimate of drug-likeness (QED) is 0.635. The van der Waals surface area contributed by atoms with Crippen LogP contribution in [0.1, 0.15) is 16.7 Å². The number of hydrogen-bond donors (Lipinski definition) is 0. The lowest BCUT2D eigenvalue weighted by Gasteiger charge is -2.30. The molecule has 1 aromatic heterocycles. The topological polar surface area (TPSA) is 16.1 Å². The molecular weight excluding hydrogens is 368 g/mol. The molecule has 0 bridgehead atoms. The van der Waals surface area contributed by atoms with Gasteiger partial charge in [-0.1, -0.05) is 18.2 Å². The summed E-state index contributed by atoms with van der Waals surface area (Å²) in [7, 11) is 0. The Bertz CT molecular complexity index is 735. The van der Waals surface area contributed by atoms with E-state index in [2.05, 4.69) is 94.4 Å². The van der Waals surface area contributed by atoms with Crippen molar-refractivity contribution in [1.29, 1.82) is 0 Å². The van der Waals surface area contributed by atoms with Crippen LogP contribution in [-0.2, 0) is 5.75 Å².